The number of carbonyl (C=O) groups excluding carboxylic acids is 1. The van der Waals surface area contributed by atoms with Crippen LogP contribution >= 0.6 is 0 Å². The molecule has 0 spiro atoms. The smallest absolute Gasteiger partial charge is 0.320 e. The number of aromatic nitrogens is 7. The Morgan fingerprint density at radius 3 is 2.52 bits per heavy atom. The van der Waals surface area contributed by atoms with E-state index in [-0.39, 0.29) is 30.1 Å². The van der Waals surface area contributed by atoms with Gasteiger partial charge in [-0.3, -0.25) is 24.1 Å². The van der Waals surface area contributed by atoms with Crippen molar-refractivity contribution in [2.45, 2.75) is 83.4 Å². The third-order valence-corrected chi connectivity index (χ3v) is 10.6. The molecule has 2 saturated heterocycles. The molecule has 5 aromatic rings. The summed E-state index contributed by atoms with van der Waals surface area (Å²) < 4.78 is 17.9. The molecule has 2 atom stereocenters. The number of benzene rings is 1. The van der Waals surface area contributed by atoms with Crippen LogP contribution in [0.25, 0.3) is 11.3 Å². The molecule has 56 heavy (non-hydrogen) atoms. The zero-order valence-corrected chi connectivity index (χ0v) is 32.5. The van der Waals surface area contributed by atoms with E-state index in [0.717, 1.165) is 112 Å². The molecule has 8 rings (SSSR count). The van der Waals surface area contributed by atoms with Gasteiger partial charge in [0.25, 0.3) is 6.47 Å². The maximum atomic E-state index is 13.7. The van der Waals surface area contributed by atoms with Crippen molar-refractivity contribution in [3.8, 4) is 11.4 Å². The van der Waals surface area contributed by atoms with Crippen LogP contribution in [-0.2, 0) is 21.5 Å². The first-order chi connectivity index (χ1) is 27.2. The van der Waals surface area contributed by atoms with E-state index in [1.54, 1.807) is 4.68 Å². The first-order valence-electron chi connectivity index (χ1n) is 19.6. The predicted octanol–water partition coefficient (Wildman–Crippen LogP) is 5.60. The summed E-state index contributed by atoms with van der Waals surface area (Å²) in [5.74, 6) is 2.23. The molecule has 0 bridgehead atoms. The molecule has 298 valence electrons. The van der Waals surface area contributed by atoms with Crippen LogP contribution in [0.2, 0.25) is 0 Å². The summed E-state index contributed by atoms with van der Waals surface area (Å²) in [6.45, 7) is 13.5. The lowest BCUT2D eigenvalue weighted by Gasteiger charge is -2.32. The van der Waals surface area contributed by atoms with Crippen LogP contribution in [0, 0.1) is 0 Å². The number of piperidine rings is 1. The first kappa shape index (κ1) is 38.8. The standard InChI is InChI=1S/C39H51N11O3.CH2O2/c1-39(2,3)34-24-36(50(45-34)28-25-40-48(26-28)19-9-16-46-20-22-52-23-21-46)42-37(51)41-32-13-14-33(31-11-6-5-10-30(31)32)53-29-12-15-35-43-44-38(49(35)27-29)47-17-7-4-8-18-47;2-1-3/h5-6,10-12,15,24-27,32-33H,4,7-9,13-14,16-23H2,1-3H3,(H2,41,42,51);1H,(H,2,3)/t32-,33+;/m0./s1. The van der Waals surface area contributed by atoms with Crippen molar-refractivity contribution in [2.24, 2.45) is 0 Å². The molecule has 0 radical (unpaired) electrons. The highest BCUT2D eigenvalue weighted by atomic mass is 16.5. The number of pyridine rings is 1. The molecule has 0 saturated carbocycles. The SMILES string of the molecule is CC(C)(C)c1cc(NC(=O)N[C@H]2CC[C@@H](Oc3ccc4nnc(N5CCCCC5)n4c3)c3ccccc32)n(-c2cnn(CCCN3CCOCC3)c2)n1.O=CO. The number of nitrogens with zero attached hydrogens (tertiary/aromatic N) is 9. The fourth-order valence-corrected chi connectivity index (χ4v) is 7.64. The Morgan fingerprint density at radius 1 is 0.982 bits per heavy atom. The molecule has 6 heterocycles. The fourth-order valence-electron chi connectivity index (χ4n) is 7.64. The minimum atomic E-state index is -0.285. The molecule has 16 heteroatoms. The van der Waals surface area contributed by atoms with Crippen molar-refractivity contribution in [1.82, 2.24) is 44.4 Å². The second-order valence-corrected chi connectivity index (χ2v) is 15.6. The lowest BCUT2D eigenvalue weighted by molar-refractivity contribution is -0.122. The van der Waals surface area contributed by atoms with Gasteiger partial charge in [0, 0.05) is 50.7 Å². The van der Waals surface area contributed by atoms with Crippen molar-refractivity contribution in [3.05, 3.63) is 77.9 Å². The monoisotopic (exact) mass is 767 g/mol. The third-order valence-electron chi connectivity index (χ3n) is 10.6. The topological polar surface area (TPSA) is 169 Å². The van der Waals surface area contributed by atoms with Crippen molar-refractivity contribution in [3.63, 3.8) is 0 Å². The number of carbonyl (C=O) groups is 2. The number of ether oxygens (including phenoxy) is 2. The van der Waals surface area contributed by atoms with Crippen LogP contribution in [0.3, 0.4) is 0 Å². The largest absolute Gasteiger partial charge is 0.484 e. The number of carboxylic acid groups (broad SMARTS) is 1. The summed E-state index contributed by atoms with van der Waals surface area (Å²) in [4.78, 5) is 26.8. The van der Waals surface area contributed by atoms with E-state index in [2.05, 4.69) is 68.6 Å². The van der Waals surface area contributed by atoms with Crippen molar-refractivity contribution in [2.75, 3.05) is 56.2 Å². The van der Waals surface area contributed by atoms with Gasteiger partial charge in [-0.1, -0.05) is 45.0 Å². The Balaban J connectivity index is 0.00000155. The lowest BCUT2D eigenvalue weighted by atomic mass is 9.85. The second-order valence-electron chi connectivity index (χ2n) is 15.6. The molecule has 2 amide bonds. The van der Waals surface area contributed by atoms with Gasteiger partial charge in [-0.2, -0.15) is 10.2 Å². The Morgan fingerprint density at radius 2 is 1.75 bits per heavy atom. The Hall–Kier alpha value is -5.48. The van der Waals surface area contributed by atoms with Crippen LogP contribution in [0.4, 0.5) is 16.6 Å². The van der Waals surface area contributed by atoms with Crippen LogP contribution in [0.15, 0.2) is 61.1 Å². The highest BCUT2D eigenvalue weighted by molar-refractivity contribution is 5.89. The van der Waals surface area contributed by atoms with Crippen LogP contribution < -0.4 is 20.3 Å². The molecule has 0 unspecified atom stereocenters. The van der Waals surface area contributed by atoms with E-state index in [1.165, 1.54) is 19.3 Å². The molecule has 16 nitrogen and oxygen atoms in total. The number of rotatable bonds is 10. The number of nitrogens with one attached hydrogen (secondary N) is 2. The number of hydrogen-bond acceptors (Lipinski definition) is 10. The number of fused-ring (bicyclic) bond motifs is 2. The predicted molar refractivity (Wildman–Crippen MR) is 212 cm³/mol. The van der Waals surface area contributed by atoms with Gasteiger partial charge < -0.3 is 24.8 Å². The van der Waals surface area contributed by atoms with Crippen molar-refractivity contribution in [1.29, 1.82) is 0 Å². The maximum Gasteiger partial charge on any atom is 0.320 e. The van der Waals surface area contributed by atoms with Crippen LogP contribution in [0.5, 0.6) is 5.75 Å². The van der Waals surface area contributed by atoms with Gasteiger partial charge in [0.15, 0.2) is 5.65 Å². The molecule has 1 aliphatic carbocycles. The first-order valence-corrected chi connectivity index (χ1v) is 19.6. The zero-order chi connectivity index (χ0) is 39.1. The highest BCUT2D eigenvalue weighted by Crippen LogP contribution is 2.39. The number of morpholine rings is 1. The summed E-state index contributed by atoms with van der Waals surface area (Å²) >= 11 is 0. The number of urea groups is 1. The van der Waals surface area contributed by atoms with Gasteiger partial charge in [0.05, 0.1) is 43.5 Å². The van der Waals surface area contributed by atoms with E-state index >= 15 is 0 Å². The van der Waals surface area contributed by atoms with Gasteiger partial charge in [-0.05, 0) is 61.8 Å². The molecule has 4 aromatic heterocycles. The summed E-state index contributed by atoms with van der Waals surface area (Å²) in [6.07, 6.45) is 11.7. The number of aryl methyl sites for hydroxylation is 1. The summed E-state index contributed by atoms with van der Waals surface area (Å²) in [6, 6.07) is 13.7. The lowest BCUT2D eigenvalue weighted by Crippen LogP contribution is -2.37. The average molecular weight is 768 g/mol. The summed E-state index contributed by atoms with van der Waals surface area (Å²) in [5, 5.41) is 31.7. The van der Waals surface area contributed by atoms with Crippen molar-refractivity contribution < 1.29 is 24.2 Å². The van der Waals surface area contributed by atoms with E-state index in [9.17, 15) is 4.79 Å². The van der Waals surface area contributed by atoms with Gasteiger partial charge in [-0.25, -0.2) is 9.48 Å². The van der Waals surface area contributed by atoms with Crippen molar-refractivity contribution >= 4 is 29.9 Å². The molecule has 3 N–H and O–H groups in total. The molecular formula is C40H53N11O5. The molecule has 3 aliphatic rings. The minimum absolute atomic E-state index is 0.152. The number of hydrogen-bond donors (Lipinski definition) is 3. The number of amides is 2. The maximum absolute atomic E-state index is 13.7. The van der Waals surface area contributed by atoms with E-state index < -0.39 is 0 Å². The Labute approximate surface area is 326 Å². The Bertz CT molecular complexity index is 2070. The molecular weight excluding hydrogens is 715 g/mol. The van der Waals surface area contributed by atoms with E-state index in [1.807, 2.05) is 58.0 Å². The second kappa shape index (κ2) is 17.5. The van der Waals surface area contributed by atoms with Gasteiger partial charge >= 0.3 is 6.03 Å². The summed E-state index contributed by atoms with van der Waals surface area (Å²) in [5.41, 5.74) is 4.41. The zero-order valence-electron chi connectivity index (χ0n) is 32.5. The van der Waals surface area contributed by atoms with Crippen LogP contribution in [-0.4, -0.2) is 103 Å². The van der Waals surface area contributed by atoms with Gasteiger partial charge in [0.1, 0.15) is 23.4 Å². The normalized spacial score (nSPS) is 18.8. The van der Waals surface area contributed by atoms with E-state index in [4.69, 9.17) is 24.5 Å². The molecule has 1 aromatic carbocycles. The van der Waals surface area contributed by atoms with Crippen LogP contribution in [0.1, 0.15) is 88.3 Å². The summed E-state index contributed by atoms with van der Waals surface area (Å²) in [7, 11) is 0. The fraction of sp³-hybridized carbons (Fsp3) is 0.500. The van der Waals surface area contributed by atoms with Gasteiger partial charge in [0.2, 0.25) is 5.95 Å². The molecule has 2 fully saturated rings. The van der Waals surface area contributed by atoms with E-state index in [0.29, 0.717) is 5.82 Å². The van der Waals surface area contributed by atoms with Gasteiger partial charge in [-0.15, -0.1) is 10.2 Å². The minimum Gasteiger partial charge on any atom is -0.484 e. The third kappa shape index (κ3) is 9.13. The average Bonchev–Trinajstić information content (AvgIpc) is 3.96. The quantitative estimate of drug-likeness (QED) is 0.151. The number of anilines is 2. The highest BCUT2D eigenvalue weighted by Gasteiger charge is 2.30. The molecule has 2 aliphatic heterocycles. The Kier molecular flexibility index (Phi) is 12.1.